The molecule has 1 aliphatic rings. The van der Waals surface area contributed by atoms with E-state index in [9.17, 15) is 9.59 Å². The predicted octanol–water partition coefficient (Wildman–Crippen LogP) is 2.13. The Morgan fingerprint density at radius 2 is 1.91 bits per heavy atom. The number of aromatic nitrogens is 3. The van der Waals surface area contributed by atoms with Crippen LogP contribution in [0.4, 0.5) is 0 Å². The Morgan fingerprint density at radius 3 is 2.57 bits per heavy atom. The minimum Gasteiger partial charge on any atom is -0.341 e. The standard InChI is InChI=1S/C16H22N4O2S/c1-3-12-17-14-15(23-12)11(2)18-20(16(14)22)10-13(21)19-8-6-4-5-7-9-19/h3-10H2,1-2H3. The summed E-state index contributed by atoms with van der Waals surface area (Å²) < 4.78 is 2.12. The molecule has 1 saturated heterocycles. The van der Waals surface area contributed by atoms with Crippen LogP contribution in [0, 0.1) is 6.92 Å². The number of hydrogen-bond acceptors (Lipinski definition) is 5. The van der Waals surface area contributed by atoms with E-state index in [2.05, 4.69) is 10.1 Å². The number of rotatable bonds is 3. The van der Waals surface area contributed by atoms with Gasteiger partial charge in [0.1, 0.15) is 6.54 Å². The van der Waals surface area contributed by atoms with Crippen LogP contribution in [-0.2, 0) is 17.8 Å². The fraction of sp³-hybridized carbons (Fsp3) is 0.625. The second-order valence-electron chi connectivity index (χ2n) is 5.98. The van der Waals surface area contributed by atoms with Crippen molar-refractivity contribution >= 4 is 27.5 Å². The van der Waals surface area contributed by atoms with Gasteiger partial charge in [0.25, 0.3) is 5.56 Å². The second kappa shape index (κ2) is 6.78. The first kappa shape index (κ1) is 16.1. The zero-order chi connectivity index (χ0) is 16.4. The molecule has 7 heteroatoms. The van der Waals surface area contributed by atoms with E-state index in [1.807, 2.05) is 18.7 Å². The first-order valence-corrected chi connectivity index (χ1v) is 9.06. The Morgan fingerprint density at radius 1 is 1.22 bits per heavy atom. The van der Waals surface area contributed by atoms with E-state index in [-0.39, 0.29) is 18.0 Å². The number of aryl methyl sites for hydroxylation is 2. The van der Waals surface area contributed by atoms with Crippen LogP contribution in [0.2, 0.25) is 0 Å². The smallest absolute Gasteiger partial charge is 0.294 e. The van der Waals surface area contributed by atoms with E-state index < -0.39 is 0 Å². The summed E-state index contributed by atoms with van der Waals surface area (Å²) in [5.74, 6) is -0.0220. The van der Waals surface area contributed by atoms with E-state index in [0.29, 0.717) is 5.52 Å². The van der Waals surface area contributed by atoms with Crippen LogP contribution in [0.25, 0.3) is 10.2 Å². The highest BCUT2D eigenvalue weighted by molar-refractivity contribution is 7.18. The summed E-state index contributed by atoms with van der Waals surface area (Å²) in [6.07, 6.45) is 5.22. The number of carbonyl (C=O) groups is 1. The van der Waals surface area contributed by atoms with Crippen molar-refractivity contribution in [3.63, 3.8) is 0 Å². The monoisotopic (exact) mass is 334 g/mol. The summed E-state index contributed by atoms with van der Waals surface area (Å²) in [7, 11) is 0. The third kappa shape index (κ3) is 3.29. The van der Waals surface area contributed by atoms with Gasteiger partial charge in [-0.3, -0.25) is 9.59 Å². The molecule has 0 saturated carbocycles. The minimum absolute atomic E-state index is 0.00853. The molecule has 3 rings (SSSR count). The van der Waals surface area contributed by atoms with Crippen LogP contribution in [0.5, 0.6) is 0 Å². The van der Waals surface area contributed by atoms with E-state index in [1.165, 1.54) is 28.9 Å². The van der Waals surface area contributed by atoms with Crippen molar-refractivity contribution in [1.82, 2.24) is 19.7 Å². The molecule has 3 heterocycles. The Labute approximate surface area is 139 Å². The molecule has 0 bridgehead atoms. The third-order valence-corrected chi connectivity index (χ3v) is 5.56. The molecule has 0 spiro atoms. The van der Waals surface area contributed by atoms with Gasteiger partial charge in [-0.05, 0) is 26.2 Å². The lowest BCUT2D eigenvalue weighted by atomic mass is 10.2. The zero-order valence-corrected chi connectivity index (χ0v) is 14.5. The van der Waals surface area contributed by atoms with Crippen LogP contribution >= 0.6 is 11.3 Å². The molecular formula is C16H22N4O2S. The average Bonchev–Trinajstić information content (AvgIpc) is 2.80. The fourth-order valence-corrected chi connectivity index (χ4v) is 3.89. The highest BCUT2D eigenvalue weighted by atomic mass is 32.1. The first-order valence-electron chi connectivity index (χ1n) is 8.25. The van der Waals surface area contributed by atoms with Gasteiger partial charge in [0.05, 0.1) is 15.4 Å². The van der Waals surface area contributed by atoms with Gasteiger partial charge in [-0.25, -0.2) is 9.67 Å². The highest BCUT2D eigenvalue weighted by Crippen LogP contribution is 2.22. The Kier molecular flexibility index (Phi) is 4.75. The Hall–Kier alpha value is -1.76. The van der Waals surface area contributed by atoms with Gasteiger partial charge < -0.3 is 4.90 Å². The molecule has 0 aliphatic carbocycles. The maximum absolute atomic E-state index is 12.6. The van der Waals surface area contributed by atoms with Crippen molar-refractivity contribution < 1.29 is 4.79 Å². The normalized spacial score (nSPS) is 15.8. The van der Waals surface area contributed by atoms with Crippen LogP contribution in [0.1, 0.15) is 43.3 Å². The highest BCUT2D eigenvalue weighted by Gasteiger charge is 2.19. The van der Waals surface area contributed by atoms with Gasteiger partial charge in [0, 0.05) is 13.1 Å². The van der Waals surface area contributed by atoms with Gasteiger partial charge in [-0.2, -0.15) is 5.10 Å². The molecule has 1 aliphatic heterocycles. The van der Waals surface area contributed by atoms with Crippen molar-refractivity contribution in [3.05, 3.63) is 21.1 Å². The van der Waals surface area contributed by atoms with Crippen molar-refractivity contribution in [3.8, 4) is 0 Å². The zero-order valence-electron chi connectivity index (χ0n) is 13.7. The van der Waals surface area contributed by atoms with Crippen LogP contribution in [-0.4, -0.2) is 38.7 Å². The minimum atomic E-state index is -0.260. The van der Waals surface area contributed by atoms with E-state index in [4.69, 9.17) is 0 Å². The molecule has 124 valence electrons. The topological polar surface area (TPSA) is 68.1 Å². The van der Waals surface area contributed by atoms with Crippen molar-refractivity contribution in [1.29, 1.82) is 0 Å². The molecule has 0 N–H and O–H groups in total. The summed E-state index contributed by atoms with van der Waals surface area (Å²) in [6, 6.07) is 0. The molecule has 23 heavy (non-hydrogen) atoms. The molecular weight excluding hydrogens is 312 g/mol. The molecule has 0 radical (unpaired) electrons. The van der Waals surface area contributed by atoms with Gasteiger partial charge in [0.15, 0.2) is 5.52 Å². The van der Waals surface area contributed by atoms with Crippen molar-refractivity contribution in [2.45, 2.75) is 52.5 Å². The lowest BCUT2D eigenvalue weighted by Crippen LogP contribution is -2.38. The van der Waals surface area contributed by atoms with E-state index in [0.717, 1.165) is 47.8 Å². The predicted molar refractivity (Wildman–Crippen MR) is 90.8 cm³/mol. The van der Waals surface area contributed by atoms with Crippen LogP contribution < -0.4 is 5.56 Å². The SMILES string of the molecule is CCc1nc2c(=O)n(CC(=O)N3CCCCCC3)nc(C)c2s1. The largest absolute Gasteiger partial charge is 0.341 e. The molecule has 0 aromatic carbocycles. The maximum Gasteiger partial charge on any atom is 0.294 e. The molecule has 6 nitrogen and oxygen atoms in total. The summed E-state index contributed by atoms with van der Waals surface area (Å²) in [4.78, 5) is 31.3. The lowest BCUT2D eigenvalue weighted by Gasteiger charge is -2.20. The van der Waals surface area contributed by atoms with Gasteiger partial charge in [-0.15, -0.1) is 11.3 Å². The number of carbonyl (C=O) groups excluding carboxylic acids is 1. The number of hydrogen-bond donors (Lipinski definition) is 0. The van der Waals surface area contributed by atoms with Crippen molar-refractivity contribution in [2.75, 3.05) is 13.1 Å². The molecule has 2 aromatic heterocycles. The van der Waals surface area contributed by atoms with E-state index >= 15 is 0 Å². The van der Waals surface area contributed by atoms with Gasteiger partial charge >= 0.3 is 0 Å². The molecule has 1 fully saturated rings. The number of amides is 1. The fourth-order valence-electron chi connectivity index (χ4n) is 2.96. The Balaban J connectivity index is 1.89. The summed E-state index contributed by atoms with van der Waals surface area (Å²) in [5.41, 5.74) is 0.952. The second-order valence-corrected chi connectivity index (χ2v) is 7.07. The maximum atomic E-state index is 12.6. The summed E-state index contributed by atoms with van der Waals surface area (Å²) >= 11 is 1.51. The summed E-state index contributed by atoms with van der Waals surface area (Å²) in [6.45, 7) is 5.46. The number of nitrogens with zero attached hydrogens (tertiary/aromatic N) is 4. The molecule has 0 unspecified atom stereocenters. The molecule has 2 aromatic rings. The summed E-state index contributed by atoms with van der Waals surface area (Å²) in [5, 5.41) is 5.26. The van der Waals surface area contributed by atoms with Crippen molar-refractivity contribution in [2.24, 2.45) is 0 Å². The van der Waals surface area contributed by atoms with Crippen LogP contribution in [0.15, 0.2) is 4.79 Å². The average molecular weight is 334 g/mol. The van der Waals surface area contributed by atoms with Gasteiger partial charge in [0.2, 0.25) is 5.91 Å². The quantitative estimate of drug-likeness (QED) is 0.862. The molecule has 1 amide bonds. The van der Waals surface area contributed by atoms with Crippen LogP contribution in [0.3, 0.4) is 0 Å². The number of fused-ring (bicyclic) bond motifs is 1. The first-order chi connectivity index (χ1) is 11.1. The lowest BCUT2D eigenvalue weighted by molar-refractivity contribution is -0.132. The van der Waals surface area contributed by atoms with Gasteiger partial charge in [-0.1, -0.05) is 19.8 Å². The number of likely N-dealkylation sites (tertiary alicyclic amines) is 1. The third-order valence-electron chi connectivity index (χ3n) is 4.25. The molecule has 0 atom stereocenters. The van der Waals surface area contributed by atoms with E-state index in [1.54, 1.807) is 0 Å². The Bertz CT molecular complexity index is 772. The number of thiazole rings is 1.